The number of fused-ring (bicyclic) bond motifs is 1. The molecule has 2 heterocycles. The lowest BCUT2D eigenvalue weighted by atomic mass is 9.87. The van der Waals surface area contributed by atoms with Gasteiger partial charge in [0.2, 0.25) is 5.96 Å². The van der Waals surface area contributed by atoms with Crippen molar-refractivity contribution in [1.82, 2.24) is 9.29 Å². The molecule has 31 heavy (non-hydrogen) atoms. The number of carbonyl (C=O) groups excluding carboxylic acids is 1. The van der Waals surface area contributed by atoms with Gasteiger partial charge in [0.05, 0.1) is 11.4 Å². The molecule has 0 bridgehead atoms. The first kappa shape index (κ1) is 21.4. The van der Waals surface area contributed by atoms with E-state index in [1.165, 1.54) is 19.2 Å². The number of halogens is 3. The topological polar surface area (TPSA) is 124 Å². The number of guanidine groups is 1. The Morgan fingerprint density at radius 2 is 2.03 bits per heavy atom. The minimum atomic E-state index is -3.37. The minimum Gasteiger partial charge on any atom is -0.369 e. The van der Waals surface area contributed by atoms with Gasteiger partial charge in [-0.3, -0.25) is 13.9 Å². The molecular formula is C19H20F3N5O3S. The molecule has 0 spiro atoms. The zero-order valence-corrected chi connectivity index (χ0v) is 17.2. The van der Waals surface area contributed by atoms with E-state index in [2.05, 4.69) is 15.3 Å². The van der Waals surface area contributed by atoms with Gasteiger partial charge in [-0.25, -0.2) is 27.5 Å². The SMILES string of the molecule is CN1C(N)=N[C@@]2(c3cc(NC(=O)c4ncc(F)cc4F)ccc3F)CCC[C@H]2S1(O)O. The highest BCUT2D eigenvalue weighted by Gasteiger charge is 2.56. The molecule has 0 radical (unpaired) electrons. The molecule has 12 heteroatoms. The quantitative estimate of drug-likeness (QED) is 0.562. The molecule has 1 saturated carbocycles. The fourth-order valence-electron chi connectivity index (χ4n) is 4.18. The predicted octanol–water partition coefficient (Wildman–Crippen LogP) is 3.42. The first-order valence-electron chi connectivity index (χ1n) is 9.35. The maximum absolute atomic E-state index is 14.9. The number of hydrogen-bond donors (Lipinski definition) is 4. The van der Waals surface area contributed by atoms with Crippen LogP contribution in [0.5, 0.6) is 0 Å². The Bertz CT molecular complexity index is 1100. The molecule has 2 atom stereocenters. The lowest BCUT2D eigenvalue weighted by Gasteiger charge is -2.54. The van der Waals surface area contributed by atoms with Crippen LogP contribution in [-0.2, 0) is 5.54 Å². The van der Waals surface area contributed by atoms with E-state index in [1.807, 2.05) is 0 Å². The summed E-state index contributed by atoms with van der Waals surface area (Å²) in [6.07, 6.45) is 1.98. The lowest BCUT2D eigenvalue weighted by molar-refractivity contribution is 0.101. The number of anilines is 1. The first-order valence-corrected chi connectivity index (χ1v) is 10.9. The Morgan fingerprint density at radius 1 is 1.29 bits per heavy atom. The molecule has 1 fully saturated rings. The molecule has 8 nitrogen and oxygen atoms in total. The summed E-state index contributed by atoms with van der Waals surface area (Å²) in [7, 11) is -1.96. The van der Waals surface area contributed by atoms with Crippen LogP contribution in [0.4, 0.5) is 18.9 Å². The summed E-state index contributed by atoms with van der Waals surface area (Å²) in [5, 5.41) is 1.61. The van der Waals surface area contributed by atoms with Gasteiger partial charge in [0, 0.05) is 24.4 Å². The second-order valence-corrected chi connectivity index (χ2v) is 9.71. The molecule has 166 valence electrons. The van der Waals surface area contributed by atoms with Crippen LogP contribution in [0.1, 0.15) is 35.3 Å². The number of hydrogen-bond acceptors (Lipinski definition) is 7. The molecule has 5 N–H and O–H groups in total. The van der Waals surface area contributed by atoms with Gasteiger partial charge in [0.1, 0.15) is 17.2 Å². The number of nitrogens with zero attached hydrogens (tertiary/aromatic N) is 3. The average molecular weight is 455 g/mol. The van der Waals surface area contributed by atoms with E-state index >= 15 is 0 Å². The van der Waals surface area contributed by atoms with Crippen molar-refractivity contribution in [3.8, 4) is 0 Å². The number of rotatable bonds is 3. The summed E-state index contributed by atoms with van der Waals surface area (Å²) in [6.45, 7) is 0. The number of benzene rings is 1. The number of amides is 1. The fourth-order valence-corrected chi connectivity index (χ4v) is 6.18. The Hall–Kier alpha value is -2.83. The van der Waals surface area contributed by atoms with Crippen molar-refractivity contribution in [1.29, 1.82) is 0 Å². The van der Waals surface area contributed by atoms with Crippen molar-refractivity contribution in [3.05, 3.63) is 59.2 Å². The highest BCUT2D eigenvalue weighted by Crippen LogP contribution is 2.63. The Labute approximate surface area is 177 Å². The van der Waals surface area contributed by atoms with Gasteiger partial charge in [-0.2, -0.15) is 0 Å². The number of aliphatic imine (C=N–C) groups is 1. The monoisotopic (exact) mass is 455 g/mol. The van der Waals surface area contributed by atoms with Crippen LogP contribution in [0.25, 0.3) is 0 Å². The normalized spacial score (nSPS) is 25.5. The van der Waals surface area contributed by atoms with Crippen molar-refractivity contribution in [2.75, 3.05) is 12.4 Å². The molecule has 1 amide bonds. The minimum absolute atomic E-state index is 0.0383. The van der Waals surface area contributed by atoms with Crippen LogP contribution in [0.3, 0.4) is 0 Å². The summed E-state index contributed by atoms with van der Waals surface area (Å²) < 4.78 is 64.4. The van der Waals surface area contributed by atoms with Crippen LogP contribution in [0.15, 0.2) is 35.5 Å². The summed E-state index contributed by atoms with van der Waals surface area (Å²) in [6, 6.07) is 4.20. The van der Waals surface area contributed by atoms with E-state index in [-0.39, 0.29) is 17.2 Å². The molecule has 1 aliphatic heterocycles. The molecule has 1 aliphatic carbocycles. The van der Waals surface area contributed by atoms with Crippen LogP contribution in [-0.4, -0.2) is 42.6 Å². The van der Waals surface area contributed by atoms with Gasteiger partial charge in [-0.1, -0.05) is 0 Å². The van der Waals surface area contributed by atoms with E-state index in [9.17, 15) is 27.1 Å². The van der Waals surface area contributed by atoms with Gasteiger partial charge in [0.25, 0.3) is 5.91 Å². The third-order valence-corrected chi connectivity index (χ3v) is 8.07. The maximum Gasteiger partial charge on any atom is 0.277 e. The molecule has 0 unspecified atom stereocenters. The molecule has 1 aromatic carbocycles. The van der Waals surface area contributed by atoms with Crippen LogP contribution in [0.2, 0.25) is 0 Å². The number of aromatic nitrogens is 1. The number of nitrogens with one attached hydrogen (secondary N) is 1. The standard InChI is InChI=1S/C19H20F3N5O3S/c1-27-18(23)26-19(6-2-3-15(19)31(27,29)30)12-8-11(4-5-13(12)21)25-17(28)16-14(22)7-10(20)9-24-16/h4-5,7-9,15,29-30H,2-3,6H2,1H3,(H2,23,26)(H,25,28)/t15-,19-/m1/s1. The lowest BCUT2D eigenvalue weighted by Crippen LogP contribution is -2.52. The van der Waals surface area contributed by atoms with Crippen molar-refractivity contribution in [2.45, 2.75) is 30.1 Å². The van der Waals surface area contributed by atoms with Gasteiger partial charge < -0.3 is 11.1 Å². The second kappa shape index (κ2) is 7.39. The van der Waals surface area contributed by atoms with Crippen LogP contribution < -0.4 is 11.1 Å². The van der Waals surface area contributed by atoms with Gasteiger partial charge >= 0.3 is 0 Å². The molecule has 2 aromatic rings. The van der Waals surface area contributed by atoms with Crippen molar-refractivity contribution >= 4 is 28.3 Å². The summed E-state index contributed by atoms with van der Waals surface area (Å²) in [4.78, 5) is 20.3. The summed E-state index contributed by atoms with van der Waals surface area (Å²) in [5.74, 6) is -3.82. The average Bonchev–Trinajstić information content (AvgIpc) is 3.13. The van der Waals surface area contributed by atoms with E-state index in [0.717, 1.165) is 10.4 Å². The fraction of sp³-hybridized carbons (Fsp3) is 0.316. The third kappa shape index (κ3) is 3.40. The highest BCUT2D eigenvalue weighted by atomic mass is 32.3. The maximum atomic E-state index is 14.9. The van der Waals surface area contributed by atoms with E-state index in [4.69, 9.17) is 5.73 Å². The van der Waals surface area contributed by atoms with E-state index in [1.54, 1.807) is 0 Å². The van der Waals surface area contributed by atoms with Crippen molar-refractivity contribution in [2.24, 2.45) is 10.7 Å². The zero-order valence-electron chi connectivity index (χ0n) is 16.3. The number of nitrogens with two attached hydrogens (primary N) is 1. The largest absolute Gasteiger partial charge is 0.369 e. The molecule has 2 aliphatic rings. The number of pyridine rings is 1. The van der Waals surface area contributed by atoms with E-state index in [0.29, 0.717) is 31.5 Å². The highest BCUT2D eigenvalue weighted by molar-refractivity contribution is 8.23. The van der Waals surface area contributed by atoms with Gasteiger partial charge in [-0.15, -0.1) is 10.8 Å². The van der Waals surface area contributed by atoms with Gasteiger partial charge in [0.15, 0.2) is 11.5 Å². The number of carbonyl (C=O) groups is 1. The third-order valence-electron chi connectivity index (χ3n) is 5.69. The Morgan fingerprint density at radius 3 is 2.74 bits per heavy atom. The predicted molar refractivity (Wildman–Crippen MR) is 110 cm³/mol. The summed E-state index contributed by atoms with van der Waals surface area (Å²) in [5.41, 5.74) is 4.11. The van der Waals surface area contributed by atoms with Crippen LogP contribution in [0, 0.1) is 17.5 Å². The molecule has 0 saturated heterocycles. The molecule has 4 rings (SSSR count). The smallest absolute Gasteiger partial charge is 0.277 e. The second-order valence-electron chi connectivity index (χ2n) is 7.47. The van der Waals surface area contributed by atoms with E-state index < -0.39 is 50.6 Å². The van der Waals surface area contributed by atoms with Crippen LogP contribution >= 0.6 is 10.8 Å². The molecule has 1 aromatic heterocycles. The molecular weight excluding hydrogens is 435 g/mol. The Kier molecular flexibility index (Phi) is 5.10. The first-order chi connectivity index (χ1) is 14.6. The zero-order chi connectivity index (χ0) is 22.6. The van der Waals surface area contributed by atoms with Crippen molar-refractivity contribution in [3.63, 3.8) is 0 Å². The van der Waals surface area contributed by atoms with Crippen molar-refractivity contribution < 1.29 is 27.1 Å². The van der Waals surface area contributed by atoms with Gasteiger partial charge in [-0.05, 0) is 37.5 Å². The summed E-state index contributed by atoms with van der Waals surface area (Å²) >= 11 is 0. The Balaban J connectivity index is 1.74.